The summed E-state index contributed by atoms with van der Waals surface area (Å²) in [5.74, 6) is -2.65. The first-order valence-electron chi connectivity index (χ1n) is 4.90. The van der Waals surface area contributed by atoms with Crippen molar-refractivity contribution in [1.82, 2.24) is 0 Å². The lowest BCUT2D eigenvalue weighted by atomic mass is 10.2. The highest BCUT2D eigenvalue weighted by molar-refractivity contribution is 9.10. The molecule has 1 heterocycles. The van der Waals surface area contributed by atoms with Crippen molar-refractivity contribution in [3.8, 4) is 0 Å². The van der Waals surface area contributed by atoms with E-state index in [4.69, 9.17) is 0 Å². The molecule has 1 aromatic rings. The fourth-order valence-corrected chi connectivity index (χ4v) is 2.31. The second-order valence-electron chi connectivity index (χ2n) is 3.82. The van der Waals surface area contributed by atoms with E-state index in [1.165, 1.54) is 0 Å². The molecule has 2 rings (SSSR count). The molecule has 0 N–H and O–H groups in total. The molecular weight excluding hydrogens is 280 g/mol. The van der Waals surface area contributed by atoms with Crippen LogP contribution in [-0.2, 0) is 0 Å². The average molecular weight is 290 g/mol. The summed E-state index contributed by atoms with van der Waals surface area (Å²) < 4.78 is 26.8. The topological polar surface area (TPSA) is 20.3 Å². The number of anilines is 1. The van der Waals surface area contributed by atoms with Crippen LogP contribution in [0.5, 0.6) is 0 Å². The van der Waals surface area contributed by atoms with Gasteiger partial charge in [0.1, 0.15) is 0 Å². The van der Waals surface area contributed by atoms with Crippen LogP contribution in [0, 0.1) is 0 Å². The van der Waals surface area contributed by atoms with E-state index in [2.05, 4.69) is 15.9 Å². The zero-order valence-electron chi connectivity index (χ0n) is 8.42. The van der Waals surface area contributed by atoms with Gasteiger partial charge < -0.3 is 4.90 Å². The molecule has 1 aliphatic heterocycles. The minimum atomic E-state index is -2.65. The van der Waals surface area contributed by atoms with Gasteiger partial charge in [-0.3, -0.25) is 4.79 Å². The summed E-state index contributed by atoms with van der Waals surface area (Å²) in [7, 11) is 0. The van der Waals surface area contributed by atoms with Crippen molar-refractivity contribution >= 4 is 27.9 Å². The highest BCUT2D eigenvalue weighted by Gasteiger charge is 2.38. The van der Waals surface area contributed by atoms with Gasteiger partial charge in [-0.25, -0.2) is 8.78 Å². The first-order valence-corrected chi connectivity index (χ1v) is 5.69. The molecule has 0 amide bonds. The van der Waals surface area contributed by atoms with E-state index in [0.29, 0.717) is 22.0 Å². The molecule has 0 spiro atoms. The third-order valence-corrected chi connectivity index (χ3v) is 3.35. The van der Waals surface area contributed by atoms with E-state index in [9.17, 15) is 13.6 Å². The maximum absolute atomic E-state index is 13.1. The van der Waals surface area contributed by atoms with Gasteiger partial charge in [0.2, 0.25) is 0 Å². The summed E-state index contributed by atoms with van der Waals surface area (Å²) in [6.07, 6.45) is 0.535. The molecule has 0 bridgehead atoms. The van der Waals surface area contributed by atoms with Gasteiger partial charge in [0.05, 0.1) is 12.1 Å². The fraction of sp³-hybridized carbons (Fsp3) is 0.364. The van der Waals surface area contributed by atoms with Gasteiger partial charge in [0, 0.05) is 23.1 Å². The van der Waals surface area contributed by atoms with Crippen LogP contribution >= 0.6 is 15.9 Å². The van der Waals surface area contributed by atoms with Crippen LogP contribution < -0.4 is 4.90 Å². The summed E-state index contributed by atoms with van der Waals surface area (Å²) in [6, 6.07) is 5.15. The largest absolute Gasteiger partial charge is 0.365 e. The van der Waals surface area contributed by atoms with Gasteiger partial charge in [0.25, 0.3) is 5.92 Å². The predicted molar refractivity (Wildman–Crippen MR) is 61.3 cm³/mol. The average Bonchev–Trinajstić information content (AvgIpc) is 2.58. The number of aldehydes is 1. The molecule has 0 saturated carbocycles. The van der Waals surface area contributed by atoms with E-state index in [1.807, 2.05) is 0 Å². The molecule has 0 radical (unpaired) electrons. The molecule has 16 heavy (non-hydrogen) atoms. The van der Waals surface area contributed by atoms with Gasteiger partial charge >= 0.3 is 0 Å². The summed E-state index contributed by atoms with van der Waals surface area (Å²) in [5, 5.41) is 0. The molecule has 1 aliphatic rings. The number of halogens is 3. The Hall–Kier alpha value is -0.970. The molecule has 2 nitrogen and oxygen atoms in total. The molecule has 0 unspecified atom stereocenters. The number of carbonyl (C=O) groups excluding carboxylic acids is 1. The number of rotatable bonds is 2. The molecule has 5 heteroatoms. The second kappa shape index (κ2) is 4.13. The van der Waals surface area contributed by atoms with Gasteiger partial charge in [-0.2, -0.15) is 0 Å². The van der Waals surface area contributed by atoms with E-state index in [1.54, 1.807) is 23.1 Å². The molecular formula is C11H10BrF2NO. The van der Waals surface area contributed by atoms with Gasteiger partial charge in [-0.1, -0.05) is 6.07 Å². The van der Waals surface area contributed by atoms with Crippen molar-refractivity contribution in [2.24, 2.45) is 0 Å². The van der Waals surface area contributed by atoms with Crippen molar-refractivity contribution in [2.75, 3.05) is 18.0 Å². The van der Waals surface area contributed by atoms with E-state index < -0.39 is 5.92 Å². The minimum absolute atomic E-state index is 0.155. The van der Waals surface area contributed by atoms with E-state index in [0.717, 1.165) is 0 Å². The summed E-state index contributed by atoms with van der Waals surface area (Å²) >= 11 is 3.24. The van der Waals surface area contributed by atoms with Gasteiger partial charge in [-0.15, -0.1) is 0 Å². The maximum atomic E-state index is 13.1. The Labute approximate surface area is 100 Å². The summed E-state index contributed by atoms with van der Waals surface area (Å²) in [4.78, 5) is 12.5. The maximum Gasteiger partial charge on any atom is 0.266 e. The molecule has 1 aromatic carbocycles. The molecule has 86 valence electrons. The quantitative estimate of drug-likeness (QED) is 0.780. The third kappa shape index (κ3) is 2.09. The van der Waals surface area contributed by atoms with E-state index in [-0.39, 0.29) is 19.5 Å². The fourth-order valence-electron chi connectivity index (χ4n) is 1.86. The first-order chi connectivity index (χ1) is 7.53. The number of alkyl halides is 2. The standard InChI is InChI=1S/C11H10BrF2NO/c12-9-2-1-3-10(8(9)6-16)15-5-4-11(13,14)7-15/h1-3,6H,4-5,7H2. The van der Waals surface area contributed by atoms with Crippen molar-refractivity contribution in [1.29, 1.82) is 0 Å². The Morgan fingerprint density at radius 2 is 2.19 bits per heavy atom. The van der Waals surface area contributed by atoms with Crippen molar-refractivity contribution in [2.45, 2.75) is 12.3 Å². The number of carbonyl (C=O) groups is 1. The van der Waals surface area contributed by atoms with Crippen molar-refractivity contribution in [3.05, 3.63) is 28.2 Å². The van der Waals surface area contributed by atoms with Crippen LogP contribution in [0.4, 0.5) is 14.5 Å². The van der Waals surface area contributed by atoms with Crippen LogP contribution in [0.3, 0.4) is 0 Å². The highest BCUT2D eigenvalue weighted by Crippen LogP contribution is 2.34. The van der Waals surface area contributed by atoms with Crippen LogP contribution in [0.2, 0.25) is 0 Å². The first kappa shape index (κ1) is 11.5. The van der Waals surface area contributed by atoms with Gasteiger partial charge in [0.15, 0.2) is 6.29 Å². The lowest BCUT2D eigenvalue weighted by molar-refractivity contribution is 0.0257. The molecule has 0 atom stereocenters. The molecule has 1 saturated heterocycles. The Balaban J connectivity index is 2.35. The Morgan fingerprint density at radius 3 is 2.75 bits per heavy atom. The number of hydrogen-bond donors (Lipinski definition) is 0. The molecule has 1 fully saturated rings. The number of hydrogen-bond acceptors (Lipinski definition) is 2. The van der Waals surface area contributed by atoms with Crippen LogP contribution in [0.1, 0.15) is 16.8 Å². The van der Waals surface area contributed by atoms with Crippen LogP contribution in [0.15, 0.2) is 22.7 Å². The number of nitrogens with zero attached hydrogens (tertiary/aromatic N) is 1. The van der Waals surface area contributed by atoms with Crippen molar-refractivity contribution < 1.29 is 13.6 Å². The Bertz CT molecular complexity index is 422. The molecule has 0 aromatic heterocycles. The van der Waals surface area contributed by atoms with Crippen LogP contribution in [-0.4, -0.2) is 25.3 Å². The third-order valence-electron chi connectivity index (χ3n) is 2.66. The number of benzene rings is 1. The lowest BCUT2D eigenvalue weighted by Gasteiger charge is -2.20. The van der Waals surface area contributed by atoms with E-state index >= 15 is 0 Å². The van der Waals surface area contributed by atoms with Crippen LogP contribution in [0.25, 0.3) is 0 Å². The van der Waals surface area contributed by atoms with Crippen molar-refractivity contribution in [3.63, 3.8) is 0 Å². The monoisotopic (exact) mass is 289 g/mol. The zero-order valence-corrected chi connectivity index (χ0v) is 10.0. The minimum Gasteiger partial charge on any atom is -0.365 e. The SMILES string of the molecule is O=Cc1c(Br)cccc1N1CCC(F)(F)C1. The van der Waals surface area contributed by atoms with Gasteiger partial charge in [-0.05, 0) is 28.1 Å². The highest BCUT2D eigenvalue weighted by atomic mass is 79.9. The molecule has 0 aliphatic carbocycles. The lowest BCUT2D eigenvalue weighted by Crippen LogP contribution is -2.25. The summed E-state index contributed by atoms with van der Waals surface area (Å²) in [5.41, 5.74) is 1.00. The predicted octanol–water partition coefficient (Wildman–Crippen LogP) is 3.11. The zero-order chi connectivity index (χ0) is 11.8. The second-order valence-corrected chi connectivity index (χ2v) is 4.67. The summed E-state index contributed by atoms with van der Waals surface area (Å²) in [6.45, 7) is -0.0331. The Morgan fingerprint density at radius 1 is 1.44 bits per heavy atom. The Kier molecular flexibility index (Phi) is 2.97. The normalized spacial score (nSPS) is 18.8. The smallest absolute Gasteiger partial charge is 0.266 e.